The van der Waals surface area contributed by atoms with Gasteiger partial charge >= 0.3 is 0 Å². The summed E-state index contributed by atoms with van der Waals surface area (Å²) in [6.45, 7) is 2.92. The Bertz CT molecular complexity index is 892. The molecule has 1 aliphatic heterocycles. The molecule has 9 heteroatoms. The summed E-state index contributed by atoms with van der Waals surface area (Å²) in [5, 5.41) is 14.4. The molecule has 2 atom stereocenters. The third-order valence-electron chi connectivity index (χ3n) is 4.31. The van der Waals surface area contributed by atoms with Gasteiger partial charge in [-0.3, -0.25) is 9.36 Å². The monoisotopic (exact) mass is 354 g/mol. The fourth-order valence-corrected chi connectivity index (χ4v) is 2.99. The third-order valence-corrected chi connectivity index (χ3v) is 4.31. The predicted octanol–water partition coefficient (Wildman–Crippen LogP) is 0.946. The number of nitrogens with one attached hydrogen (secondary N) is 1. The Morgan fingerprint density at radius 3 is 2.92 bits per heavy atom. The molecule has 0 radical (unpaired) electrons. The number of carbonyl (C=O) groups is 1. The molecule has 0 aromatic carbocycles. The normalized spacial score (nSPS) is 19.6. The number of aryl methyl sites for hydroxylation is 1. The van der Waals surface area contributed by atoms with Crippen LogP contribution in [0.3, 0.4) is 0 Å². The summed E-state index contributed by atoms with van der Waals surface area (Å²) in [6, 6.07) is 7.04. The summed E-state index contributed by atoms with van der Waals surface area (Å²) < 4.78 is 12.5. The quantitative estimate of drug-likeness (QED) is 0.726. The van der Waals surface area contributed by atoms with Crippen molar-refractivity contribution in [2.24, 2.45) is 5.92 Å². The van der Waals surface area contributed by atoms with Crippen LogP contribution in [-0.4, -0.2) is 50.1 Å². The lowest BCUT2D eigenvalue weighted by molar-refractivity contribution is 0.0919. The van der Waals surface area contributed by atoms with E-state index in [4.69, 9.17) is 9.26 Å². The van der Waals surface area contributed by atoms with Crippen LogP contribution in [0.4, 0.5) is 0 Å². The van der Waals surface area contributed by atoms with Gasteiger partial charge in [0.15, 0.2) is 0 Å². The highest BCUT2D eigenvalue weighted by Gasteiger charge is 2.31. The number of rotatable bonds is 5. The number of carbonyl (C=O) groups excluding carboxylic acids is 1. The van der Waals surface area contributed by atoms with Crippen LogP contribution in [0, 0.1) is 12.8 Å². The lowest BCUT2D eigenvalue weighted by Crippen LogP contribution is -2.41. The second-order valence-corrected chi connectivity index (χ2v) is 6.27. The minimum atomic E-state index is -0.242. The van der Waals surface area contributed by atoms with E-state index in [0.29, 0.717) is 31.1 Å². The molecule has 1 fully saturated rings. The molecule has 0 aliphatic carbocycles. The summed E-state index contributed by atoms with van der Waals surface area (Å²) in [7, 11) is 0. The molecule has 1 saturated heterocycles. The molecule has 4 heterocycles. The van der Waals surface area contributed by atoms with Crippen molar-refractivity contribution in [2.75, 3.05) is 13.2 Å². The fraction of sp³-hybridized carbons (Fsp3) is 0.353. The standard InChI is InChI=1S/C17H18N6O3/c1-11-5-13(26-22-11)6-12-7-25-8-15(12)21-17(24)14-3-2-4-16(20-14)23-9-18-19-10-23/h2-5,9-10,12,15H,6-8H2,1H3,(H,21,24)/t12-,15+/m1/s1. The smallest absolute Gasteiger partial charge is 0.270 e. The van der Waals surface area contributed by atoms with Crippen LogP contribution in [-0.2, 0) is 11.2 Å². The molecule has 26 heavy (non-hydrogen) atoms. The topological polar surface area (TPSA) is 108 Å². The van der Waals surface area contributed by atoms with Crippen molar-refractivity contribution < 1.29 is 14.1 Å². The Morgan fingerprint density at radius 2 is 2.15 bits per heavy atom. The van der Waals surface area contributed by atoms with Crippen molar-refractivity contribution in [3.05, 3.63) is 54.1 Å². The fourth-order valence-electron chi connectivity index (χ4n) is 2.99. The first kappa shape index (κ1) is 16.4. The molecule has 1 amide bonds. The molecule has 0 unspecified atom stereocenters. The second-order valence-electron chi connectivity index (χ2n) is 6.27. The van der Waals surface area contributed by atoms with Crippen molar-refractivity contribution in [3.63, 3.8) is 0 Å². The Labute approximate surface area is 149 Å². The SMILES string of the molecule is Cc1cc(C[C@@H]2COC[C@@H]2NC(=O)c2cccc(-n3cnnc3)n2)on1. The maximum absolute atomic E-state index is 12.6. The van der Waals surface area contributed by atoms with E-state index in [1.165, 1.54) is 12.7 Å². The molecular formula is C17H18N6O3. The lowest BCUT2D eigenvalue weighted by atomic mass is 9.98. The Hall–Kier alpha value is -3.07. The predicted molar refractivity (Wildman–Crippen MR) is 89.7 cm³/mol. The number of hydrogen-bond acceptors (Lipinski definition) is 7. The molecule has 0 bridgehead atoms. The van der Waals surface area contributed by atoms with E-state index in [2.05, 4.69) is 25.7 Å². The summed E-state index contributed by atoms with van der Waals surface area (Å²) in [6.07, 6.45) is 3.73. The van der Waals surface area contributed by atoms with Crippen LogP contribution in [0.15, 0.2) is 41.4 Å². The lowest BCUT2D eigenvalue weighted by Gasteiger charge is -2.18. The van der Waals surface area contributed by atoms with Gasteiger partial charge in [-0.05, 0) is 19.1 Å². The average Bonchev–Trinajstić information content (AvgIpc) is 3.39. The zero-order chi connectivity index (χ0) is 17.9. The van der Waals surface area contributed by atoms with Crippen molar-refractivity contribution in [3.8, 4) is 5.82 Å². The van der Waals surface area contributed by atoms with E-state index < -0.39 is 0 Å². The van der Waals surface area contributed by atoms with Gasteiger partial charge in [-0.25, -0.2) is 4.98 Å². The molecule has 1 aliphatic rings. The molecular weight excluding hydrogens is 336 g/mol. The summed E-state index contributed by atoms with van der Waals surface area (Å²) in [4.78, 5) is 17.0. The average molecular weight is 354 g/mol. The highest BCUT2D eigenvalue weighted by molar-refractivity contribution is 5.92. The molecule has 3 aromatic heterocycles. The van der Waals surface area contributed by atoms with Gasteiger partial charge in [0.25, 0.3) is 5.91 Å². The Morgan fingerprint density at radius 1 is 1.31 bits per heavy atom. The van der Waals surface area contributed by atoms with E-state index in [-0.39, 0.29) is 17.9 Å². The van der Waals surface area contributed by atoms with E-state index in [1.807, 2.05) is 13.0 Å². The number of pyridine rings is 1. The van der Waals surface area contributed by atoms with E-state index in [9.17, 15) is 4.79 Å². The minimum absolute atomic E-state index is 0.103. The summed E-state index contributed by atoms with van der Waals surface area (Å²) in [5.74, 6) is 1.27. The largest absolute Gasteiger partial charge is 0.379 e. The maximum Gasteiger partial charge on any atom is 0.270 e. The second kappa shape index (κ2) is 7.04. The van der Waals surface area contributed by atoms with Gasteiger partial charge in [0.1, 0.15) is 29.9 Å². The van der Waals surface area contributed by atoms with E-state index in [0.717, 1.165) is 11.5 Å². The van der Waals surface area contributed by atoms with Crippen molar-refractivity contribution >= 4 is 5.91 Å². The highest BCUT2D eigenvalue weighted by Crippen LogP contribution is 2.20. The first-order valence-corrected chi connectivity index (χ1v) is 8.32. The van der Waals surface area contributed by atoms with Gasteiger partial charge in [-0.2, -0.15) is 0 Å². The third kappa shape index (κ3) is 3.47. The van der Waals surface area contributed by atoms with Crippen LogP contribution < -0.4 is 5.32 Å². The van der Waals surface area contributed by atoms with Gasteiger partial charge in [0, 0.05) is 18.4 Å². The first-order valence-electron chi connectivity index (χ1n) is 8.32. The zero-order valence-corrected chi connectivity index (χ0v) is 14.2. The number of amides is 1. The maximum atomic E-state index is 12.6. The van der Waals surface area contributed by atoms with Gasteiger partial charge in [0.2, 0.25) is 0 Å². The number of ether oxygens (including phenoxy) is 1. The summed E-state index contributed by atoms with van der Waals surface area (Å²) >= 11 is 0. The van der Waals surface area contributed by atoms with Crippen molar-refractivity contribution in [1.82, 2.24) is 30.2 Å². The number of hydrogen-bond donors (Lipinski definition) is 1. The van der Waals surface area contributed by atoms with Gasteiger partial charge < -0.3 is 14.6 Å². The van der Waals surface area contributed by atoms with Crippen molar-refractivity contribution in [2.45, 2.75) is 19.4 Å². The van der Waals surface area contributed by atoms with Gasteiger partial charge in [-0.1, -0.05) is 11.2 Å². The van der Waals surface area contributed by atoms with Crippen LogP contribution in [0.25, 0.3) is 5.82 Å². The molecule has 0 spiro atoms. The van der Waals surface area contributed by atoms with E-state index in [1.54, 1.807) is 22.8 Å². The number of aromatic nitrogens is 5. The molecule has 4 rings (SSSR count). The summed E-state index contributed by atoms with van der Waals surface area (Å²) in [5.41, 5.74) is 1.17. The Balaban J connectivity index is 1.44. The molecule has 0 saturated carbocycles. The van der Waals surface area contributed by atoms with E-state index >= 15 is 0 Å². The zero-order valence-electron chi connectivity index (χ0n) is 14.2. The van der Waals surface area contributed by atoms with Crippen molar-refractivity contribution in [1.29, 1.82) is 0 Å². The van der Waals surface area contributed by atoms with Crippen LogP contribution in [0.2, 0.25) is 0 Å². The molecule has 1 N–H and O–H groups in total. The van der Waals surface area contributed by atoms with Gasteiger partial charge in [0.05, 0.1) is 24.9 Å². The van der Waals surface area contributed by atoms with Crippen LogP contribution in [0.1, 0.15) is 21.9 Å². The van der Waals surface area contributed by atoms with Crippen LogP contribution >= 0.6 is 0 Å². The minimum Gasteiger partial charge on any atom is -0.379 e. The van der Waals surface area contributed by atoms with Crippen LogP contribution in [0.5, 0.6) is 0 Å². The van der Waals surface area contributed by atoms with Gasteiger partial charge in [-0.15, -0.1) is 10.2 Å². The number of nitrogens with zero attached hydrogens (tertiary/aromatic N) is 5. The first-order chi connectivity index (χ1) is 12.7. The Kier molecular flexibility index (Phi) is 4.44. The highest BCUT2D eigenvalue weighted by atomic mass is 16.5. The molecule has 9 nitrogen and oxygen atoms in total. The molecule has 3 aromatic rings. The molecule has 134 valence electrons.